The number of hydrogen-bond acceptors (Lipinski definition) is 5. The number of nitrogens with zero attached hydrogens (tertiary/aromatic N) is 2. The van der Waals surface area contributed by atoms with Gasteiger partial charge in [-0.3, -0.25) is 14.9 Å². The average Bonchev–Trinajstić information content (AvgIpc) is 2.70. The molecule has 1 aromatic rings. The van der Waals surface area contributed by atoms with Gasteiger partial charge in [0.15, 0.2) is 0 Å². The molecular formula is C11H13N3O5S. The number of benzene rings is 1. The van der Waals surface area contributed by atoms with Crippen LogP contribution in [0.3, 0.4) is 0 Å². The molecule has 1 fully saturated rings. The van der Waals surface area contributed by atoms with E-state index in [1.807, 2.05) is 0 Å². The van der Waals surface area contributed by atoms with E-state index in [1.54, 1.807) is 13.0 Å². The summed E-state index contributed by atoms with van der Waals surface area (Å²) in [5.74, 6) is -0.485. The number of nitro benzene ring substituents is 1. The van der Waals surface area contributed by atoms with Crippen LogP contribution in [0, 0.1) is 17.0 Å². The van der Waals surface area contributed by atoms with E-state index in [9.17, 15) is 23.3 Å². The number of rotatable bonds is 3. The fourth-order valence-corrected chi connectivity index (χ4v) is 2.98. The molecule has 1 amide bonds. The van der Waals surface area contributed by atoms with Crippen LogP contribution in [0.2, 0.25) is 0 Å². The predicted octanol–water partition coefficient (Wildman–Crippen LogP) is 0.297. The summed E-state index contributed by atoms with van der Waals surface area (Å²) < 4.78 is 22.6. The summed E-state index contributed by atoms with van der Waals surface area (Å²) in [5, 5.41) is 15.0. The molecule has 1 saturated heterocycles. The molecule has 9 heteroatoms. The van der Waals surface area contributed by atoms with Crippen molar-refractivity contribution in [3.8, 4) is 0 Å². The van der Waals surface area contributed by atoms with Crippen molar-refractivity contribution in [2.24, 2.45) is 5.14 Å². The minimum absolute atomic E-state index is 0.133. The quantitative estimate of drug-likeness (QED) is 0.635. The molecule has 1 atom stereocenters. The van der Waals surface area contributed by atoms with Crippen molar-refractivity contribution < 1.29 is 18.1 Å². The summed E-state index contributed by atoms with van der Waals surface area (Å²) in [6, 6.07) is 4.41. The van der Waals surface area contributed by atoms with Gasteiger partial charge in [-0.2, -0.15) is 0 Å². The van der Waals surface area contributed by atoms with Crippen molar-refractivity contribution in [1.82, 2.24) is 0 Å². The lowest BCUT2D eigenvalue weighted by Gasteiger charge is -2.18. The van der Waals surface area contributed by atoms with Crippen LogP contribution in [0.1, 0.15) is 12.0 Å². The van der Waals surface area contributed by atoms with Crippen molar-refractivity contribution >= 4 is 27.3 Å². The van der Waals surface area contributed by atoms with Crippen LogP contribution in [0.15, 0.2) is 18.2 Å². The van der Waals surface area contributed by atoms with E-state index in [2.05, 4.69) is 0 Å². The first kappa shape index (κ1) is 14.4. The van der Waals surface area contributed by atoms with Crippen molar-refractivity contribution in [1.29, 1.82) is 0 Å². The second kappa shape index (κ2) is 4.84. The van der Waals surface area contributed by atoms with Crippen LogP contribution in [0.25, 0.3) is 0 Å². The fourth-order valence-electron chi connectivity index (χ4n) is 2.25. The topological polar surface area (TPSA) is 124 Å². The Bertz CT molecular complexity index is 685. The molecule has 8 nitrogen and oxygen atoms in total. The van der Waals surface area contributed by atoms with E-state index in [0.29, 0.717) is 5.56 Å². The molecule has 20 heavy (non-hydrogen) atoms. The highest BCUT2D eigenvalue weighted by atomic mass is 32.2. The summed E-state index contributed by atoms with van der Waals surface area (Å²) in [5.41, 5.74) is 0.435. The lowest BCUT2D eigenvalue weighted by atomic mass is 10.1. The average molecular weight is 299 g/mol. The number of hydrogen-bond donors (Lipinski definition) is 1. The molecule has 0 aromatic heterocycles. The van der Waals surface area contributed by atoms with Crippen molar-refractivity contribution in [3.05, 3.63) is 33.9 Å². The Morgan fingerprint density at radius 2 is 2.10 bits per heavy atom. The van der Waals surface area contributed by atoms with Crippen molar-refractivity contribution in [2.45, 2.75) is 18.6 Å². The minimum Gasteiger partial charge on any atom is -0.305 e. The van der Waals surface area contributed by atoms with Crippen LogP contribution in [0.5, 0.6) is 0 Å². The summed E-state index contributed by atoms with van der Waals surface area (Å²) in [6.07, 6.45) is -0.260. The Kier molecular flexibility index (Phi) is 3.48. The first-order chi connectivity index (χ1) is 9.21. The van der Waals surface area contributed by atoms with Gasteiger partial charge < -0.3 is 4.90 Å². The van der Waals surface area contributed by atoms with Gasteiger partial charge in [-0.1, -0.05) is 12.1 Å². The summed E-state index contributed by atoms with van der Waals surface area (Å²) in [4.78, 5) is 23.5. The van der Waals surface area contributed by atoms with Crippen LogP contribution in [-0.4, -0.2) is 31.0 Å². The van der Waals surface area contributed by atoms with Crippen molar-refractivity contribution in [3.63, 3.8) is 0 Å². The van der Waals surface area contributed by atoms with Crippen LogP contribution >= 0.6 is 0 Å². The monoisotopic (exact) mass is 299 g/mol. The SMILES string of the molecule is Cc1cccc([N+](=O)[O-])c1N1CC(S(N)(=O)=O)CC1=O. The molecule has 0 radical (unpaired) electrons. The third-order valence-electron chi connectivity index (χ3n) is 3.24. The first-order valence-electron chi connectivity index (χ1n) is 5.78. The molecule has 1 aliphatic heterocycles. The highest BCUT2D eigenvalue weighted by Crippen LogP contribution is 2.35. The fraction of sp³-hybridized carbons (Fsp3) is 0.364. The van der Waals surface area contributed by atoms with E-state index >= 15 is 0 Å². The van der Waals surface area contributed by atoms with Crippen LogP contribution in [-0.2, 0) is 14.8 Å². The second-order valence-electron chi connectivity index (χ2n) is 4.62. The largest absolute Gasteiger partial charge is 0.305 e. The van der Waals surface area contributed by atoms with Gasteiger partial charge in [0.25, 0.3) is 5.69 Å². The summed E-state index contributed by atoms with van der Waals surface area (Å²) in [6.45, 7) is 1.46. The Balaban J connectivity index is 2.48. The van der Waals surface area contributed by atoms with Gasteiger partial charge in [0.1, 0.15) is 10.9 Å². The third kappa shape index (κ3) is 2.49. The minimum atomic E-state index is -3.85. The summed E-state index contributed by atoms with van der Waals surface area (Å²) in [7, 11) is -3.85. The number of aryl methyl sites for hydroxylation is 1. The number of sulfonamides is 1. The molecular weight excluding hydrogens is 286 g/mol. The standard InChI is InChI=1S/C11H13N3O5S/c1-7-3-2-4-9(14(16)17)11(7)13-6-8(5-10(13)15)20(12,18)19/h2-4,8H,5-6H2,1H3,(H2,12,18,19). The molecule has 108 valence electrons. The van der Waals surface area contributed by atoms with Gasteiger partial charge >= 0.3 is 0 Å². The third-order valence-corrected chi connectivity index (χ3v) is 4.48. The molecule has 0 saturated carbocycles. The normalized spacial score (nSPS) is 19.4. The number of anilines is 1. The van der Waals surface area contributed by atoms with Gasteiger partial charge in [0, 0.05) is 19.0 Å². The zero-order valence-electron chi connectivity index (χ0n) is 10.6. The first-order valence-corrected chi connectivity index (χ1v) is 7.38. The molecule has 1 aliphatic rings. The zero-order chi connectivity index (χ0) is 15.1. The molecule has 1 aromatic carbocycles. The molecule has 1 heterocycles. The van der Waals surface area contributed by atoms with E-state index in [0.717, 1.165) is 4.90 Å². The Morgan fingerprint density at radius 1 is 1.45 bits per heavy atom. The number of nitrogens with two attached hydrogens (primary N) is 1. The molecule has 0 bridgehead atoms. The Hall–Kier alpha value is -2.00. The Morgan fingerprint density at radius 3 is 2.60 bits per heavy atom. The number of amides is 1. The lowest BCUT2D eigenvalue weighted by molar-refractivity contribution is -0.384. The molecule has 0 spiro atoms. The van der Waals surface area contributed by atoms with Crippen LogP contribution in [0.4, 0.5) is 11.4 Å². The number of carbonyl (C=O) groups excluding carboxylic acids is 1. The number of para-hydroxylation sites is 1. The van der Waals surface area contributed by atoms with E-state index in [4.69, 9.17) is 5.14 Å². The van der Waals surface area contributed by atoms with Gasteiger partial charge in [-0.05, 0) is 12.5 Å². The van der Waals surface area contributed by atoms with Crippen molar-refractivity contribution in [2.75, 3.05) is 11.4 Å². The summed E-state index contributed by atoms with van der Waals surface area (Å²) >= 11 is 0. The highest BCUT2D eigenvalue weighted by molar-refractivity contribution is 7.89. The van der Waals surface area contributed by atoms with E-state index in [1.165, 1.54) is 12.1 Å². The maximum atomic E-state index is 11.9. The van der Waals surface area contributed by atoms with Gasteiger partial charge in [0.2, 0.25) is 15.9 Å². The molecule has 2 N–H and O–H groups in total. The maximum Gasteiger partial charge on any atom is 0.293 e. The van der Waals surface area contributed by atoms with E-state index < -0.39 is 26.1 Å². The predicted molar refractivity (Wildman–Crippen MR) is 71.7 cm³/mol. The Labute approximate surface area is 115 Å². The molecule has 2 rings (SSSR count). The van der Waals surface area contributed by atoms with Gasteiger partial charge in [0.05, 0.1) is 4.92 Å². The van der Waals surface area contributed by atoms with Crippen LogP contribution < -0.4 is 10.0 Å². The number of carbonyl (C=O) groups is 1. The second-order valence-corrected chi connectivity index (χ2v) is 6.46. The molecule has 0 aliphatic carbocycles. The van der Waals surface area contributed by atoms with E-state index in [-0.39, 0.29) is 24.3 Å². The highest BCUT2D eigenvalue weighted by Gasteiger charge is 2.39. The van der Waals surface area contributed by atoms with Gasteiger partial charge in [-0.25, -0.2) is 13.6 Å². The lowest BCUT2D eigenvalue weighted by Crippen LogP contribution is -2.32. The van der Waals surface area contributed by atoms with Gasteiger partial charge in [-0.15, -0.1) is 0 Å². The maximum absolute atomic E-state index is 11.9. The molecule has 1 unspecified atom stereocenters. The number of nitro groups is 1. The zero-order valence-corrected chi connectivity index (χ0v) is 11.5. The number of primary sulfonamides is 1. The smallest absolute Gasteiger partial charge is 0.293 e.